The summed E-state index contributed by atoms with van der Waals surface area (Å²) in [5, 5.41) is 0. The number of rotatable bonds is 5. The van der Waals surface area contributed by atoms with Crippen molar-refractivity contribution < 1.29 is 0 Å². The van der Waals surface area contributed by atoms with Crippen LogP contribution in [0, 0.1) is 5.92 Å². The average Bonchev–Trinajstić information content (AvgIpc) is 2.19. The van der Waals surface area contributed by atoms with Gasteiger partial charge in [-0.2, -0.15) is 0 Å². The van der Waals surface area contributed by atoms with Crippen molar-refractivity contribution in [2.45, 2.75) is 32.6 Å². The van der Waals surface area contributed by atoms with Gasteiger partial charge in [-0.05, 0) is 30.2 Å². The van der Waals surface area contributed by atoms with Crippen LogP contribution in [0.4, 0.5) is 0 Å². The Balaban J connectivity index is 2.50. The number of hydrogen-bond acceptors (Lipinski definition) is 0. The molecule has 14 heavy (non-hydrogen) atoms. The van der Waals surface area contributed by atoms with Crippen molar-refractivity contribution in [2.24, 2.45) is 5.92 Å². The Labute approximate surface area is 87.7 Å². The average molecular weight is 188 g/mol. The first-order valence-electron chi connectivity index (χ1n) is 5.40. The molecule has 0 aliphatic rings. The zero-order chi connectivity index (χ0) is 10.4. The molecule has 0 unspecified atom stereocenters. The summed E-state index contributed by atoms with van der Waals surface area (Å²) in [5.74, 6) is 1.40. The highest BCUT2D eigenvalue weighted by molar-refractivity contribution is 5.18. The molecule has 1 rings (SSSR count). The first kappa shape index (κ1) is 11.0. The topological polar surface area (TPSA) is 0 Å². The van der Waals surface area contributed by atoms with Crippen molar-refractivity contribution in [1.29, 1.82) is 0 Å². The lowest BCUT2D eigenvalue weighted by atomic mass is 9.90. The molecule has 0 saturated carbocycles. The minimum absolute atomic E-state index is 0.658. The van der Waals surface area contributed by atoms with Gasteiger partial charge in [0.05, 0.1) is 0 Å². The van der Waals surface area contributed by atoms with Gasteiger partial charge in [-0.3, -0.25) is 0 Å². The van der Waals surface area contributed by atoms with Gasteiger partial charge in [0.25, 0.3) is 0 Å². The van der Waals surface area contributed by atoms with Crippen molar-refractivity contribution in [3.05, 3.63) is 48.6 Å². The molecule has 0 nitrogen and oxygen atoms in total. The molecule has 76 valence electrons. The van der Waals surface area contributed by atoms with Gasteiger partial charge in [0.15, 0.2) is 0 Å². The van der Waals surface area contributed by atoms with Gasteiger partial charge < -0.3 is 0 Å². The quantitative estimate of drug-likeness (QED) is 0.601. The Hall–Kier alpha value is -1.04. The summed E-state index contributed by atoms with van der Waals surface area (Å²) in [7, 11) is 0. The third-order valence-corrected chi connectivity index (χ3v) is 2.69. The first-order chi connectivity index (χ1) is 6.74. The molecule has 0 saturated heterocycles. The molecular weight excluding hydrogens is 168 g/mol. The predicted octanol–water partition coefficient (Wildman–Crippen LogP) is 4.39. The SMILES string of the molecule is C=CC[C@@H](C)C[C@H](C)c1ccccc1. The van der Waals surface area contributed by atoms with Crippen LogP contribution in [0.3, 0.4) is 0 Å². The summed E-state index contributed by atoms with van der Waals surface area (Å²) >= 11 is 0. The molecule has 0 bridgehead atoms. The van der Waals surface area contributed by atoms with Crippen molar-refractivity contribution in [1.82, 2.24) is 0 Å². The number of allylic oxidation sites excluding steroid dienone is 1. The van der Waals surface area contributed by atoms with E-state index >= 15 is 0 Å². The molecule has 0 spiro atoms. The molecule has 0 N–H and O–H groups in total. The highest BCUT2D eigenvalue weighted by Crippen LogP contribution is 2.24. The van der Waals surface area contributed by atoms with Crippen LogP contribution in [0.25, 0.3) is 0 Å². The molecule has 0 aliphatic heterocycles. The lowest BCUT2D eigenvalue weighted by Crippen LogP contribution is -2.00. The van der Waals surface area contributed by atoms with Crippen molar-refractivity contribution in [2.75, 3.05) is 0 Å². The van der Waals surface area contributed by atoms with Gasteiger partial charge in [-0.25, -0.2) is 0 Å². The van der Waals surface area contributed by atoms with Gasteiger partial charge in [-0.1, -0.05) is 50.3 Å². The van der Waals surface area contributed by atoms with Gasteiger partial charge >= 0.3 is 0 Å². The lowest BCUT2D eigenvalue weighted by Gasteiger charge is -2.16. The van der Waals surface area contributed by atoms with Gasteiger partial charge in [0.2, 0.25) is 0 Å². The maximum Gasteiger partial charge on any atom is -0.0188 e. The Morgan fingerprint density at radius 3 is 2.43 bits per heavy atom. The number of benzene rings is 1. The second-order valence-electron chi connectivity index (χ2n) is 4.18. The Bertz CT molecular complexity index is 261. The second-order valence-corrected chi connectivity index (χ2v) is 4.18. The molecule has 0 aliphatic carbocycles. The minimum Gasteiger partial charge on any atom is -0.103 e. The summed E-state index contributed by atoms with van der Waals surface area (Å²) in [6.45, 7) is 8.37. The van der Waals surface area contributed by atoms with E-state index in [0.717, 1.165) is 12.3 Å². The van der Waals surface area contributed by atoms with E-state index in [0.29, 0.717) is 5.92 Å². The summed E-state index contributed by atoms with van der Waals surface area (Å²) in [6, 6.07) is 10.7. The molecule has 2 atom stereocenters. The smallest absolute Gasteiger partial charge is 0.0188 e. The highest BCUT2D eigenvalue weighted by Gasteiger charge is 2.08. The van der Waals surface area contributed by atoms with Crippen LogP contribution in [-0.4, -0.2) is 0 Å². The Kier molecular flexibility index (Phi) is 4.45. The Morgan fingerprint density at radius 2 is 1.86 bits per heavy atom. The van der Waals surface area contributed by atoms with E-state index in [1.54, 1.807) is 0 Å². The van der Waals surface area contributed by atoms with Crippen LogP contribution >= 0.6 is 0 Å². The molecular formula is C14H20. The van der Waals surface area contributed by atoms with Gasteiger partial charge in [0.1, 0.15) is 0 Å². The molecule has 0 heterocycles. The molecule has 0 aromatic heterocycles. The van der Waals surface area contributed by atoms with E-state index in [9.17, 15) is 0 Å². The zero-order valence-electron chi connectivity index (χ0n) is 9.24. The fraction of sp³-hybridized carbons (Fsp3) is 0.429. The van der Waals surface area contributed by atoms with E-state index in [4.69, 9.17) is 0 Å². The van der Waals surface area contributed by atoms with E-state index in [2.05, 4.69) is 50.8 Å². The monoisotopic (exact) mass is 188 g/mol. The summed E-state index contributed by atoms with van der Waals surface area (Å²) in [6.07, 6.45) is 4.38. The largest absolute Gasteiger partial charge is 0.103 e. The van der Waals surface area contributed by atoms with E-state index in [-0.39, 0.29) is 0 Å². The normalized spacial score (nSPS) is 14.7. The number of hydrogen-bond donors (Lipinski definition) is 0. The van der Waals surface area contributed by atoms with E-state index < -0.39 is 0 Å². The first-order valence-corrected chi connectivity index (χ1v) is 5.40. The molecule has 0 fully saturated rings. The van der Waals surface area contributed by atoms with Crippen molar-refractivity contribution in [3.63, 3.8) is 0 Å². The minimum atomic E-state index is 0.658. The van der Waals surface area contributed by atoms with Crippen LogP contribution in [0.15, 0.2) is 43.0 Å². The Morgan fingerprint density at radius 1 is 1.21 bits per heavy atom. The van der Waals surface area contributed by atoms with Crippen LogP contribution in [0.5, 0.6) is 0 Å². The van der Waals surface area contributed by atoms with Gasteiger partial charge in [0, 0.05) is 0 Å². The van der Waals surface area contributed by atoms with Crippen LogP contribution in [0.1, 0.15) is 38.2 Å². The van der Waals surface area contributed by atoms with Crippen LogP contribution in [0.2, 0.25) is 0 Å². The molecule has 0 heteroatoms. The molecule has 0 amide bonds. The van der Waals surface area contributed by atoms with Crippen LogP contribution in [-0.2, 0) is 0 Å². The fourth-order valence-electron chi connectivity index (χ4n) is 1.90. The predicted molar refractivity (Wildman–Crippen MR) is 63.5 cm³/mol. The fourth-order valence-corrected chi connectivity index (χ4v) is 1.90. The third-order valence-electron chi connectivity index (χ3n) is 2.69. The molecule has 1 aromatic rings. The van der Waals surface area contributed by atoms with Gasteiger partial charge in [-0.15, -0.1) is 6.58 Å². The van der Waals surface area contributed by atoms with Crippen LogP contribution < -0.4 is 0 Å². The molecule has 0 radical (unpaired) electrons. The molecule has 1 aromatic carbocycles. The highest BCUT2D eigenvalue weighted by atomic mass is 14.1. The second kappa shape index (κ2) is 5.64. The lowest BCUT2D eigenvalue weighted by molar-refractivity contribution is 0.490. The summed E-state index contributed by atoms with van der Waals surface area (Å²) in [4.78, 5) is 0. The van der Waals surface area contributed by atoms with E-state index in [1.807, 2.05) is 6.08 Å². The zero-order valence-corrected chi connectivity index (χ0v) is 9.24. The maximum absolute atomic E-state index is 3.78. The van der Waals surface area contributed by atoms with E-state index in [1.165, 1.54) is 12.0 Å². The van der Waals surface area contributed by atoms with Crippen molar-refractivity contribution >= 4 is 0 Å². The summed E-state index contributed by atoms with van der Waals surface area (Å²) in [5.41, 5.74) is 1.45. The third kappa shape index (κ3) is 3.37. The van der Waals surface area contributed by atoms with Crippen molar-refractivity contribution in [3.8, 4) is 0 Å². The standard InChI is InChI=1S/C14H20/c1-4-8-12(2)11-13(3)14-9-6-5-7-10-14/h4-7,9-10,12-13H,1,8,11H2,2-3H3/t12-,13+/m1/s1. The summed E-state index contributed by atoms with van der Waals surface area (Å²) < 4.78 is 0. The maximum atomic E-state index is 3.78.